The summed E-state index contributed by atoms with van der Waals surface area (Å²) in [5.74, 6) is 0. The van der Waals surface area contributed by atoms with E-state index in [1.54, 1.807) is 14.2 Å². The number of aliphatic hydroxyl groups excluding tert-OH is 1. The zero-order valence-corrected chi connectivity index (χ0v) is 10.7. The Morgan fingerprint density at radius 2 is 1.94 bits per heavy atom. The topological polar surface area (TPSA) is 51.2 Å². The summed E-state index contributed by atoms with van der Waals surface area (Å²) in [6, 6.07) is 0. The van der Waals surface area contributed by atoms with Crippen LogP contribution in [0, 0.1) is 5.41 Å². The molecule has 2 heterocycles. The van der Waals surface area contributed by atoms with Crippen molar-refractivity contribution in [3.8, 4) is 0 Å². The van der Waals surface area contributed by atoms with Crippen molar-refractivity contribution in [3.63, 3.8) is 0 Å². The summed E-state index contributed by atoms with van der Waals surface area (Å²) < 4.78 is 16.2. The molecule has 5 nitrogen and oxygen atoms in total. The fourth-order valence-corrected chi connectivity index (χ4v) is 2.82. The third-order valence-electron chi connectivity index (χ3n) is 3.98. The maximum Gasteiger partial charge on any atom is 0.0971 e. The minimum atomic E-state index is -0.0824. The minimum absolute atomic E-state index is 0.0824. The molecule has 17 heavy (non-hydrogen) atoms. The summed E-state index contributed by atoms with van der Waals surface area (Å²) in [4.78, 5) is 2.31. The van der Waals surface area contributed by atoms with Gasteiger partial charge in [-0.3, -0.25) is 4.90 Å². The molecule has 2 rings (SSSR count). The van der Waals surface area contributed by atoms with Crippen LogP contribution in [-0.4, -0.2) is 75.9 Å². The first-order valence-corrected chi connectivity index (χ1v) is 6.19. The second-order valence-corrected chi connectivity index (χ2v) is 5.20. The Labute approximate surface area is 103 Å². The maximum atomic E-state index is 9.55. The van der Waals surface area contributed by atoms with Gasteiger partial charge in [0.1, 0.15) is 0 Å². The first kappa shape index (κ1) is 13.2. The van der Waals surface area contributed by atoms with Crippen LogP contribution in [0.2, 0.25) is 0 Å². The van der Waals surface area contributed by atoms with E-state index in [-0.39, 0.29) is 24.2 Å². The summed E-state index contributed by atoms with van der Waals surface area (Å²) in [6.45, 7) is 4.22. The Balaban J connectivity index is 1.91. The fourth-order valence-electron chi connectivity index (χ4n) is 2.82. The second-order valence-electron chi connectivity index (χ2n) is 5.20. The van der Waals surface area contributed by atoms with Crippen LogP contribution >= 0.6 is 0 Å². The summed E-state index contributed by atoms with van der Waals surface area (Å²) in [5, 5.41) is 9.55. The van der Waals surface area contributed by atoms with E-state index in [4.69, 9.17) is 14.2 Å². The number of methoxy groups -OCH3 is 2. The number of aliphatic hydroxyl groups is 1. The van der Waals surface area contributed by atoms with Gasteiger partial charge in [0.15, 0.2) is 0 Å². The monoisotopic (exact) mass is 245 g/mol. The lowest BCUT2D eigenvalue weighted by Crippen LogP contribution is -2.40. The highest BCUT2D eigenvalue weighted by Gasteiger charge is 2.40. The molecule has 0 aromatic carbocycles. The average Bonchev–Trinajstić information content (AvgIpc) is 2.96. The van der Waals surface area contributed by atoms with Crippen LogP contribution in [0.5, 0.6) is 0 Å². The van der Waals surface area contributed by atoms with Crippen LogP contribution in [0.1, 0.15) is 6.42 Å². The van der Waals surface area contributed by atoms with E-state index in [9.17, 15) is 5.11 Å². The van der Waals surface area contributed by atoms with Gasteiger partial charge in [-0.2, -0.15) is 0 Å². The largest absolute Gasteiger partial charge is 0.396 e. The molecule has 0 radical (unpaired) electrons. The molecule has 2 aliphatic heterocycles. The van der Waals surface area contributed by atoms with E-state index in [0.717, 1.165) is 32.7 Å². The van der Waals surface area contributed by atoms with Crippen LogP contribution in [0.3, 0.4) is 0 Å². The molecule has 5 heteroatoms. The number of ether oxygens (including phenoxy) is 3. The van der Waals surface area contributed by atoms with Crippen molar-refractivity contribution < 1.29 is 19.3 Å². The van der Waals surface area contributed by atoms with E-state index < -0.39 is 0 Å². The molecule has 2 fully saturated rings. The Morgan fingerprint density at radius 1 is 1.29 bits per heavy atom. The molecule has 2 aliphatic rings. The summed E-state index contributed by atoms with van der Waals surface area (Å²) in [7, 11) is 3.45. The summed E-state index contributed by atoms with van der Waals surface area (Å²) in [6.07, 6.45) is 1.21. The molecule has 100 valence electrons. The van der Waals surface area contributed by atoms with Gasteiger partial charge < -0.3 is 19.3 Å². The zero-order chi connectivity index (χ0) is 12.3. The van der Waals surface area contributed by atoms with Crippen molar-refractivity contribution >= 4 is 0 Å². The molecule has 1 N–H and O–H groups in total. The first-order valence-electron chi connectivity index (χ1n) is 6.19. The SMILES string of the molecule is COC1CN(CC2(CO)CCOC2)CC1OC. The van der Waals surface area contributed by atoms with Gasteiger partial charge in [-0.1, -0.05) is 0 Å². The molecule has 0 aromatic rings. The summed E-state index contributed by atoms with van der Waals surface area (Å²) >= 11 is 0. The molecular formula is C12H23NO4. The third kappa shape index (κ3) is 2.80. The Morgan fingerprint density at radius 3 is 2.35 bits per heavy atom. The van der Waals surface area contributed by atoms with E-state index in [1.165, 1.54) is 0 Å². The van der Waals surface area contributed by atoms with Crippen LogP contribution in [-0.2, 0) is 14.2 Å². The van der Waals surface area contributed by atoms with Gasteiger partial charge in [-0.15, -0.1) is 0 Å². The van der Waals surface area contributed by atoms with Crippen molar-refractivity contribution in [2.75, 3.05) is 53.7 Å². The summed E-state index contributed by atoms with van der Waals surface area (Å²) in [5.41, 5.74) is -0.0824. The predicted octanol–water partition coefficient (Wildman–Crippen LogP) is -0.269. The molecule has 0 spiro atoms. The number of nitrogens with zero attached hydrogens (tertiary/aromatic N) is 1. The van der Waals surface area contributed by atoms with Gasteiger partial charge in [0.25, 0.3) is 0 Å². The highest BCUT2D eigenvalue weighted by Crippen LogP contribution is 2.31. The Hall–Kier alpha value is -0.200. The predicted molar refractivity (Wildman–Crippen MR) is 63.0 cm³/mol. The molecule has 0 bridgehead atoms. The van der Waals surface area contributed by atoms with Gasteiger partial charge in [0, 0.05) is 45.9 Å². The molecule has 0 aromatic heterocycles. The quantitative estimate of drug-likeness (QED) is 0.722. The van der Waals surface area contributed by atoms with E-state index >= 15 is 0 Å². The Bertz CT molecular complexity index is 231. The van der Waals surface area contributed by atoms with E-state index in [2.05, 4.69) is 4.90 Å². The van der Waals surface area contributed by atoms with Gasteiger partial charge in [0.2, 0.25) is 0 Å². The highest BCUT2D eigenvalue weighted by atomic mass is 16.5. The lowest BCUT2D eigenvalue weighted by Gasteiger charge is -2.30. The molecule has 2 saturated heterocycles. The van der Waals surface area contributed by atoms with Crippen LogP contribution in [0.15, 0.2) is 0 Å². The smallest absolute Gasteiger partial charge is 0.0971 e. The molecule has 3 atom stereocenters. The van der Waals surface area contributed by atoms with E-state index in [1.807, 2.05) is 0 Å². The zero-order valence-electron chi connectivity index (χ0n) is 10.7. The Kier molecular flexibility index (Phi) is 4.38. The van der Waals surface area contributed by atoms with Gasteiger partial charge in [-0.25, -0.2) is 0 Å². The highest BCUT2D eigenvalue weighted by molar-refractivity contribution is 4.92. The fraction of sp³-hybridized carbons (Fsp3) is 1.00. The van der Waals surface area contributed by atoms with Crippen molar-refractivity contribution in [1.82, 2.24) is 4.90 Å². The minimum Gasteiger partial charge on any atom is -0.396 e. The van der Waals surface area contributed by atoms with Gasteiger partial charge in [-0.05, 0) is 6.42 Å². The standard InChI is InChI=1S/C12H23NO4/c1-15-10-5-13(6-11(10)16-2)7-12(8-14)3-4-17-9-12/h10-11,14H,3-9H2,1-2H3. The number of hydrogen-bond donors (Lipinski definition) is 1. The third-order valence-corrected chi connectivity index (χ3v) is 3.98. The number of rotatable bonds is 5. The van der Waals surface area contributed by atoms with Crippen LogP contribution < -0.4 is 0 Å². The maximum absolute atomic E-state index is 9.55. The normalized spacial score (nSPS) is 39.0. The van der Waals surface area contributed by atoms with Gasteiger partial charge >= 0.3 is 0 Å². The lowest BCUT2D eigenvalue weighted by atomic mass is 9.88. The van der Waals surface area contributed by atoms with Crippen molar-refractivity contribution in [1.29, 1.82) is 0 Å². The molecule has 0 saturated carbocycles. The van der Waals surface area contributed by atoms with Crippen molar-refractivity contribution in [3.05, 3.63) is 0 Å². The molecular weight excluding hydrogens is 222 g/mol. The van der Waals surface area contributed by atoms with Crippen molar-refractivity contribution in [2.45, 2.75) is 18.6 Å². The van der Waals surface area contributed by atoms with Crippen molar-refractivity contribution in [2.24, 2.45) is 5.41 Å². The van der Waals surface area contributed by atoms with Crippen LogP contribution in [0.25, 0.3) is 0 Å². The molecule has 0 aliphatic carbocycles. The number of likely N-dealkylation sites (tertiary alicyclic amines) is 1. The molecule has 3 unspecified atom stereocenters. The van der Waals surface area contributed by atoms with Gasteiger partial charge in [0.05, 0.1) is 25.4 Å². The second kappa shape index (κ2) is 5.63. The average molecular weight is 245 g/mol. The lowest BCUT2D eigenvalue weighted by molar-refractivity contribution is -0.00461. The molecule has 0 amide bonds. The van der Waals surface area contributed by atoms with E-state index in [0.29, 0.717) is 6.61 Å². The van der Waals surface area contributed by atoms with Crippen LogP contribution in [0.4, 0.5) is 0 Å². The number of hydrogen-bond acceptors (Lipinski definition) is 5. The first-order chi connectivity index (χ1) is 8.23.